The third-order valence-electron chi connectivity index (χ3n) is 4.68. The molecule has 140 valence electrons. The number of hydrogen-bond acceptors (Lipinski definition) is 3. The van der Waals surface area contributed by atoms with Crippen LogP contribution < -0.4 is 11.5 Å². The van der Waals surface area contributed by atoms with Crippen molar-refractivity contribution < 1.29 is 0 Å². The molecule has 23 heavy (non-hydrogen) atoms. The Morgan fingerprint density at radius 2 is 0.826 bits per heavy atom. The number of nitrogens with zero attached hydrogens (tertiary/aromatic N) is 1. The normalized spacial score (nSPS) is 11.5. The summed E-state index contributed by atoms with van der Waals surface area (Å²) in [5, 5.41) is 0. The second kappa shape index (κ2) is 19.9. The smallest absolute Gasteiger partial charge is 0.000671 e. The van der Waals surface area contributed by atoms with E-state index in [0.29, 0.717) is 0 Å². The molecule has 0 aromatic rings. The van der Waals surface area contributed by atoms with Crippen molar-refractivity contribution in [2.75, 3.05) is 32.7 Å². The molecule has 0 saturated carbocycles. The highest BCUT2D eigenvalue weighted by Gasteiger charge is 2.03. The Morgan fingerprint density at radius 1 is 0.478 bits per heavy atom. The second-order valence-corrected chi connectivity index (χ2v) is 7.02. The van der Waals surface area contributed by atoms with Gasteiger partial charge in [-0.15, -0.1) is 0 Å². The SMILES string of the molecule is CCCCCCCCCCCCCCN(CCCN)CCCN. The van der Waals surface area contributed by atoms with E-state index in [4.69, 9.17) is 11.5 Å². The molecule has 0 heterocycles. The summed E-state index contributed by atoms with van der Waals surface area (Å²) in [6.07, 6.45) is 19.3. The molecule has 0 aromatic carbocycles. The number of unbranched alkanes of at least 4 members (excludes halogenated alkanes) is 11. The lowest BCUT2D eigenvalue weighted by molar-refractivity contribution is 0.263. The first-order valence-corrected chi connectivity index (χ1v) is 10.5. The lowest BCUT2D eigenvalue weighted by atomic mass is 10.1. The molecule has 0 rings (SSSR count). The van der Waals surface area contributed by atoms with Crippen LogP contribution in [0.2, 0.25) is 0 Å². The third-order valence-corrected chi connectivity index (χ3v) is 4.68. The van der Waals surface area contributed by atoms with E-state index >= 15 is 0 Å². The van der Waals surface area contributed by atoms with Gasteiger partial charge in [-0.1, -0.05) is 77.6 Å². The van der Waals surface area contributed by atoms with Crippen LogP contribution in [0.5, 0.6) is 0 Å². The predicted octanol–water partition coefficient (Wildman–Crippen LogP) is 4.69. The molecule has 0 aliphatic heterocycles. The molecule has 0 atom stereocenters. The van der Waals surface area contributed by atoms with Gasteiger partial charge in [0.05, 0.1) is 0 Å². The molecule has 3 nitrogen and oxygen atoms in total. The summed E-state index contributed by atoms with van der Waals surface area (Å²) in [6.45, 7) is 7.42. The largest absolute Gasteiger partial charge is 0.330 e. The molecule has 0 unspecified atom stereocenters. The summed E-state index contributed by atoms with van der Waals surface area (Å²) < 4.78 is 0. The molecule has 0 spiro atoms. The van der Waals surface area contributed by atoms with Crippen molar-refractivity contribution in [2.24, 2.45) is 11.5 Å². The van der Waals surface area contributed by atoms with Crippen molar-refractivity contribution >= 4 is 0 Å². The molecule has 0 bridgehead atoms. The van der Waals surface area contributed by atoms with E-state index in [1.165, 1.54) is 83.6 Å². The van der Waals surface area contributed by atoms with Gasteiger partial charge in [0.1, 0.15) is 0 Å². The molecule has 0 amide bonds. The average molecular weight is 328 g/mol. The first-order chi connectivity index (χ1) is 11.3. The number of rotatable bonds is 19. The average Bonchev–Trinajstić information content (AvgIpc) is 2.57. The van der Waals surface area contributed by atoms with Crippen LogP contribution in [0, 0.1) is 0 Å². The van der Waals surface area contributed by atoms with Crippen molar-refractivity contribution in [1.29, 1.82) is 0 Å². The molecule has 3 heteroatoms. The van der Waals surface area contributed by atoms with Crippen molar-refractivity contribution in [3.63, 3.8) is 0 Å². The first kappa shape index (κ1) is 22.9. The molecule has 0 aliphatic carbocycles. The Hall–Kier alpha value is -0.120. The summed E-state index contributed by atoms with van der Waals surface area (Å²) >= 11 is 0. The molecular weight excluding hydrogens is 282 g/mol. The van der Waals surface area contributed by atoms with E-state index in [2.05, 4.69) is 11.8 Å². The zero-order valence-electron chi connectivity index (χ0n) is 16.0. The van der Waals surface area contributed by atoms with E-state index < -0.39 is 0 Å². The van der Waals surface area contributed by atoms with Crippen LogP contribution in [0.1, 0.15) is 96.8 Å². The fourth-order valence-electron chi connectivity index (χ4n) is 3.14. The van der Waals surface area contributed by atoms with Crippen molar-refractivity contribution in [2.45, 2.75) is 96.8 Å². The summed E-state index contributed by atoms with van der Waals surface area (Å²) in [6, 6.07) is 0. The Morgan fingerprint density at radius 3 is 1.22 bits per heavy atom. The van der Waals surface area contributed by atoms with Gasteiger partial charge in [-0.2, -0.15) is 0 Å². The second-order valence-electron chi connectivity index (χ2n) is 7.02. The monoisotopic (exact) mass is 327 g/mol. The highest BCUT2D eigenvalue weighted by molar-refractivity contribution is 4.60. The van der Waals surface area contributed by atoms with Crippen molar-refractivity contribution in [3.05, 3.63) is 0 Å². The van der Waals surface area contributed by atoms with Gasteiger partial charge < -0.3 is 16.4 Å². The van der Waals surface area contributed by atoms with E-state index in [1.807, 2.05) is 0 Å². The quantitative estimate of drug-likeness (QED) is 0.338. The number of hydrogen-bond donors (Lipinski definition) is 2. The van der Waals surface area contributed by atoms with Gasteiger partial charge >= 0.3 is 0 Å². The minimum atomic E-state index is 0.803. The highest BCUT2D eigenvalue weighted by Crippen LogP contribution is 2.12. The molecule has 0 radical (unpaired) electrons. The van der Waals surface area contributed by atoms with Crippen molar-refractivity contribution in [3.8, 4) is 0 Å². The predicted molar refractivity (Wildman–Crippen MR) is 105 cm³/mol. The highest BCUT2D eigenvalue weighted by atomic mass is 15.1. The lowest BCUT2D eigenvalue weighted by Gasteiger charge is -2.21. The van der Waals surface area contributed by atoms with Crippen LogP contribution in [0.3, 0.4) is 0 Å². The van der Waals surface area contributed by atoms with Gasteiger partial charge in [-0.05, 0) is 52.0 Å². The topological polar surface area (TPSA) is 55.3 Å². The van der Waals surface area contributed by atoms with Gasteiger partial charge in [0, 0.05) is 0 Å². The fraction of sp³-hybridized carbons (Fsp3) is 1.00. The summed E-state index contributed by atoms with van der Waals surface area (Å²) in [5.41, 5.74) is 11.2. The van der Waals surface area contributed by atoms with Crippen molar-refractivity contribution in [1.82, 2.24) is 4.90 Å². The zero-order chi connectivity index (χ0) is 17.0. The van der Waals surface area contributed by atoms with Crippen LogP contribution in [0.15, 0.2) is 0 Å². The van der Waals surface area contributed by atoms with Crippen LogP contribution >= 0.6 is 0 Å². The van der Waals surface area contributed by atoms with Crippen LogP contribution in [0.25, 0.3) is 0 Å². The minimum Gasteiger partial charge on any atom is -0.330 e. The van der Waals surface area contributed by atoms with Gasteiger partial charge in [0.25, 0.3) is 0 Å². The molecular formula is C20H45N3. The standard InChI is InChI=1S/C20H45N3/c1-2-3-4-5-6-7-8-9-10-11-12-13-18-23(19-14-16-21)20-15-17-22/h2-22H2,1H3. The fourth-order valence-corrected chi connectivity index (χ4v) is 3.14. The maximum absolute atomic E-state index is 5.62. The Bertz CT molecular complexity index is 201. The van der Waals surface area contributed by atoms with E-state index in [-0.39, 0.29) is 0 Å². The van der Waals surface area contributed by atoms with Gasteiger partial charge in [-0.3, -0.25) is 0 Å². The maximum atomic E-state index is 5.62. The molecule has 0 fully saturated rings. The molecule has 0 aliphatic rings. The van der Waals surface area contributed by atoms with Crippen LogP contribution in [-0.2, 0) is 0 Å². The summed E-state index contributed by atoms with van der Waals surface area (Å²) in [4.78, 5) is 2.55. The van der Waals surface area contributed by atoms with Gasteiger partial charge in [-0.25, -0.2) is 0 Å². The third kappa shape index (κ3) is 18.1. The maximum Gasteiger partial charge on any atom is -0.000671 e. The van der Waals surface area contributed by atoms with Gasteiger partial charge in [0.15, 0.2) is 0 Å². The van der Waals surface area contributed by atoms with Crippen LogP contribution in [-0.4, -0.2) is 37.6 Å². The number of nitrogens with two attached hydrogens (primary N) is 2. The zero-order valence-corrected chi connectivity index (χ0v) is 16.0. The van der Waals surface area contributed by atoms with Crippen LogP contribution in [0.4, 0.5) is 0 Å². The Balaban J connectivity index is 3.31. The first-order valence-electron chi connectivity index (χ1n) is 10.5. The molecule has 0 aromatic heterocycles. The summed E-state index contributed by atoms with van der Waals surface area (Å²) in [5.74, 6) is 0. The summed E-state index contributed by atoms with van der Waals surface area (Å²) in [7, 11) is 0. The van der Waals surface area contributed by atoms with E-state index in [9.17, 15) is 0 Å². The Kier molecular flexibility index (Phi) is 19.8. The van der Waals surface area contributed by atoms with Gasteiger partial charge in [0.2, 0.25) is 0 Å². The lowest BCUT2D eigenvalue weighted by Crippen LogP contribution is -2.29. The van der Waals surface area contributed by atoms with E-state index in [0.717, 1.165) is 39.0 Å². The molecule has 0 saturated heterocycles. The molecule has 4 N–H and O–H groups in total. The van der Waals surface area contributed by atoms with E-state index in [1.54, 1.807) is 0 Å². The minimum absolute atomic E-state index is 0.803. The Labute approximate surface area is 146 Å².